The van der Waals surface area contributed by atoms with Crippen molar-refractivity contribution >= 4 is 17.4 Å². The minimum absolute atomic E-state index is 0.362. The molecule has 0 radical (unpaired) electrons. The maximum absolute atomic E-state index is 13.2. The highest BCUT2D eigenvalue weighted by atomic mass is 35.5. The number of halogens is 2. The summed E-state index contributed by atoms with van der Waals surface area (Å²) in [6.45, 7) is 3.51. The number of nitrogens with zero attached hydrogens (tertiary/aromatic N) is 2. The molecule has 0 saturated carbocycles. The van der Waals surface area contributed by atoms with Crippen LogP contribution in [0.1, 0.15) is 11.4 Å². The van der Waals surface area contributed by atoms with Crippen LogP contribution < -0.4 is 5.73 Å². The Morgan fingerprint density at radius 2 is 1.94 bits per heavy atom. The lowest BCUT2D eigenvalue weighted by molar-refractivity contribution is 0.628. The fraction of sp³-hybridized carbons (Fsp3) is 0.167. The van der Waals surface area contributed by atoms with E-state index in [1.165, 1.54) is 18.2 Å². The van der Waals surface area contributed by atoms with E-state index in [1.807, 2.05) is 0 Å². The molecular weight excluding hydrogens is 241 g/mol. The molecule has 0 aliphatic heterocycles. The molecule has 1 aromatic heterocycles. The van der Waals surface area contributed by atoms with Crippen LogP contribution >= 0.6 is 11.6 Å². The molecule has 2 N–H and O–H groups in total. The Labute approximate surface area is 103 Å². The molecule has 3 nitrogen and oxygen atoms in total. The van der Waals surface area contributed by atoms with Gasteiger partial charge in [0, 0.05) is 11.1 Å². The van der Waals surface area contributed by atoms with Crippen LogP contribution in [0, 0.1) is 19.7 Å². The Kier molecular flexibility index (Phi) is 2.98. The summed E-state index contributed by atoms with van der Waals surface area (Å²) in [6, 6.07) is 4.15. The predicted octanol–water partition coefficient (Wildman–Crippen LogP) is 3.14. The lowest BCUT2D eigenvalue weighted by Crippen LogP contribution is -2.02. The van der Waals surface area contributed by atoms with Gasteiger partial charge in [0.25, 0.3) is 0 Å². The van der Waals surface area contributed by atoms with Gasteiger partial charge < -0.3 is 5.73 Å². The molecule has 0 fully saturated rings. The first kappa shape index (κ1) is 11.8. The first-order valence-electron chi connectivity index (χ1n) is 5.05. The van der Waals surface area contributed by atoms with Crippen LogP contribution in [0.15, 0.2) is 18.2 Å². The van der Waals surface area contributed by atoms with Crippen molar-refractivity contribution in [3.63, 3.8) is 0 Å². The van der Waals surface area contributed by atoms with E-state index < -0.39 is 0 Å². The average Bonchev–Trinajstić information content (AvgIpc) is 2.27. The molecule has 0 aliphatic rings. The highest BCUT2D eigenvalue weighted by molar-refractivity contribution is 6.33. The van der Waals surface area contributed by atoms with Gasteiger partial charge in [-0.15, -0.1) is 0 Å². The molecule has 0 saturated heterocycles. The van der Waals surface area contributed by atoms with Gasteiger partial charge in [-0.2, -0.15) is 0 Å². The Balaban J connectivity index is 2.72. The summed E-state index contributed by atoms with van der Waals surface area (Å²) in [5, 5.41) is 0.437. The van der Waals surface area contributed by atoms with Crippen molar-refractivity contribution in [1.82, 2.24) is 9.97 Å². The van der Waals surface area contributed by atoms with E-state index in [4.69, 9.17) is 17.3 Å². The number of nitrogens with two attached hydrogens (primary N) is 1. The number of rotatable bonds is 1. The van der Waals surface area contributed by atoms with Gasteiger partial charge >= 0.3 is 0 Å². The lowest BCUT2D eigenvalue weighted by Gasteiger charge is -2.10. The van der Waals surface area contributed by atoms with Crippen molar-refractivity contribution in [3.05, 3.63) is 40.4 Å². The van der Waals surface area contributed by atoms with Crippen LogP contribution in [0.3, 0.4) is 0 Å². The number of hydrogen-bond donors (Lipinski definition) is 1. The molecule has 0 amide bonds. The predicted molar refractivity (Wildman–Crippen MR) is 66.3 cm³/mol. The largest absolute Gasteiger partial charge is 0.383 e. The van der Waals surface area contributed by atoms with E-state index in [9.17, 15) is 4.39 Å². The summed E-state index contributed by atoms with van der Waals surface area (Å²) in [6.07, 6.45) is 0. The highest BCUT2D eigenvalue weighted by Gasteiger charge is 2.12. The van der Waals surface area contributed by atoms with E-state index >= 15 is 0 Å². The number of nitrogen functional groups attached to an aromatic ring is 1. The molecule has 2 aromatic rings. The summed E-state index contributed by atoms with van der Waals surface area (Å²) in [4.78, 5) is 8.30. The Bertz CT molecular complexity index is 584. The minimum atomic E-state index is -0.362. The van der Waals surface area contributed by atoms with Crippen LogP contribution in [0.4, 0.5) is 10.2 Å². The van der Waals surface area contributed by atoms with Crippen LogP contribution in [0.2, 0.25) is 5.02 Å². The first-order chi connectivity index (χ1) is 7.99. The van der Waals surface area contributed by atoms with Crippen molar-refractivity contribution in [2.75, 3.05) is 5.73 Å². The van der Waals surface area contributed by atoms with Crippen molar-refractivity contribution in [2.45, 2.75) is 13.8 Å². The summed E-state index contributed by atoms with van der Waals surface area (Å²) in [7, 11) is 0. The zero-order valence-electron chi connectivity index (χ0n) is 9.46. The number of benzene rings is 1. The van der Waals surface area contributed by atoms with Crippen LogP contribution in [0.5, 0.6) is 0 Å². The number of anilines is 1. The summed E-state index contributed by atoms with van der Waals surface area (Å²) in [5.74, 6) is 0.551. The van der Waals surface area contributed by atoms with Gasteiger partial charge in [0.2, 0.25) is 0 Å². The summed E-state index contributed by atoms with van der Waals surface area (Å²) in [5.41, 5.74) is 7.55. The summed E-state index contributed by atoms with van der Waals surface area (Å²) < 4.78 is 13.2. The van der Waals surface area contributed by atoms with Crippen LogP contribution in [-0.2, 0) is 0 Å². The third kappa shape index (κ3) is 2.22. The molecule has 5 heteroatoms. The molecule has 0 aliphatic carbocycles. The van der Waals surface area contributed by atoms with Crippen molar-refractivity contribution < 1.29 is 4.39 Å². The van der Waals surface area contributed by atoms with Gasteiger partial charge in [-0.05, 0) is 32.0 Å². The Hall–Kier alpha value is -1.68. The minimum Gasteiger partial charge on any atom is -0.383 e. The zero-order chi connectivity index (χ0) is 12.6. The fourth-order valence-corrected chi connectivity index (χ4v) is 1.80. The Morgan fingerprint density at radius 1 is 1.24 bits per heavy atom. The average molecular weight is 252 g/mol. The number of aromatic nitrogens is 2. The maximum atomic E-state index is 13.2. The van der Waals surface area contributed by atoms with Crippen LogP contribution in [-0.4, -0.2) is 9.97 Å². The SMILES string of the molecule is Cc1nc(N)c(C)c(-c2cc(F)ccc2Cl)n1. The molecule has 1 aromatic carbocycles. The van der Waals surface area contributed by atoms with Gasteiger partial charge in [-0.1, -0.05) is 11.6 Å². The molecular formula is C12H11ClFN3. The molecule has 1 heterocycles. The fourth-order valence-electron chi connectivity index (χ4n) is 1.59. The third-order valence-corrected chi connectivity index (χ3v) is 2.81. The topological polar surface area (TPSA) is 51.8 Å². The van der Waals surface area contributed by atoms with Crippen LogP contribution in [0.25, 0.3) is 11.3 Å². The molecule has 0 unspecified atom stereocenters. The number of hydrogen-bond acceptors (Lipinski definition) is 3. The molecule has 0 atom stereocenters. The van der Waals surface area contributed by atoms with E-state index in [-0.39, 0.29) is 5.82 Å². The van der Waals surface area contributed by atoms with Crippen molar-refractivity contribution in [3.8, 4) is 11.3 Å². The quantitative estimate of drug-likeness (QED) is 0.847. The van der Waals surface area contributed by atoms with E-state index in [2.05, 4.69) is 9.97 Å². The molecule has 0 spiro atoms. The molecule has 17 heavy (non-hydrogen) atoms. The standard InChI is InChI=1S/C12H11ClFN3/c1-6-11(16-7(2)17-12(6)15)9-5-8(14)3-4-10(9)13/h3-5H,1-2H3,(H2,15,16,17). The zero-order valence-corrected chi connectivity index (χ0v) is 10.2. The van der Waals surface area contributed by atoms with Gasteiger partial charge in [-0.25, -0.2) is 14.4 Å². The van der Waals surface area contributed by atoms with Crippen molar-refractivity contribution in [2.24, 2.45) is 0 Å². The van der Waals surface area contributed by atoms with Gasteiger partial charge in [0.1, 0.15) is 17.5 Å². The molecule has 0 bridgehead atoms. The molecule has 88 valence electrons. The normalized spacial score (nSPS) is 10.6. The second kappa shape index (κ2) is 4.30. The highest BCUT2D eigenvalue weighted by Crippen LogP contribution is 2.31. The second-order valence-corrected chi connectivity index (χ2v) is 4.16. The smallest absolute Gasteiger partial charge is 0.130 e. The lowest BCUT2D eigenvalue weighted by atomic mass is 10.1. The van der Waals surface area contributed by atoms with Crippen molar-refractivity contribution in [1.29, 1.82) is 0 Å². The monoisotopic (exact) mass is 251 g/mol. The van der Waals surface area contributed by atoms with E-state index in [0.29, 0.717) is 33.5 Å². The first-order valence-corrected chi connectivity index (χ1v) is 5.43. The maximum Gasteiger partial charge on any atom is 0.130 e. The Morgan fingerprint density at radius 3 is 2.65 bits per heavy atom. The summed E-state index contributed by atoms with van der Waals surface area (Å²) >= 11 is 6.04. The molecule has 2 rings (SSSR count). The van der Waals surface area contributed by atoms with Gasteiger partial charge in [0.05, 0.1) is 10.7 Å². The van der Waals surface area contributed by atoms with Gasteiger partial charge in [-0.3, -0.25) is 0 Å². The van der Waals surface area contributed by atoms with E-state index in [0.717, 1.165) is 0 Å². The third-order valence-electron chi connectivity index (χ3n) is 2.48. The number of aryl methyl sites for hydroxylation is 1. The van der Waals surface area contributed by atoms with E-state index in [1.54, 1.807) is 13.8 Å². The van der Waals surface area contributed by atoms with Gasteiger partial charge in [0.15, 0.2) is 0 Å². The second-order valence-electron chi connectivity index (χ2n) is 3.75.